The highest BCUT2D eigenvalue weighted by molar-refractivity contribution is 5.67. The maximum absolute atomic E-state index is 13.3. The van der Waals surface area contributed by atoms with Gasteiger partial charge in [0.1, 0.15) is 0 Å². The standard InChI is InChI=1S/C20H16F9N/c21-18(22,23)15-6-12(11-30-3-1-2-4-30)5-13(7-15)14-8-16(19(24,25)26)10-17(9-14)20(27,28)29/h5-10H,1-4,11H2. The van der Waals surface area contributed by atoms with Gasteiger partial charge >= 0.3 is 18.5 Å². The number of nitrogens with zero attached hydrogens (tertiary/aromatic N) is 1. The van der Waals surface area contributed by atoms with Gasteiger partial charge in [-0.1, -0.05) is 0 Å². The second kappa shape index (κ2) is 7.79. The summed E-state index contributed by atoms with van der Waals surface area (Å²) in [5.41, 5.74) is -5.04. The highest BCUT2D eigenvalue weighted by atomic mass is 19.4. The maximum Gasteiger partial charge on any atom is 0.416 e. The minimum Gasteiger partial charge on any atom is -0.299 e. The average Bonchev–Trinajstić information content (AvgIpc) is 3.12. The molecule has 1 fully saturated rings. The maximum atomic E-state index is 13.3. The molecule has 0 saturated carbocycles. The third-order valence-corrected chi connectivity index (χ3v) is 4.85. The number of rotatable bonds is 3. The highest BCUT2D eigenvalue weighted by Crippen LogP contribution is 2.40. The Morgan fingerprint density at radius 1 is 0.567 bits per heavy atom. The minimum absolute atomic E-state index is 0.0533. The van der Waals surface area contributed by atoms with Crippen molar-refractivity contribution in [1.82, 2.24) is 4.90 Å². The van der Waals surface area contributed by atoms with Crippen molar-refractivity contribution in [3.8, 4) is 11.1 Å². The second-order valence-corrected chi connectivity index (χ2v) is 7.19. The molecule has 0 aromatic heterocycles. The molecule has 0 atom stereocenters. The van der Waals surface area contributed by atoms with Crippen molar-refractivity contribution < 1.29 is 39.5 Å². The molecule has 1 heterocycles. The smallest absolute Gasteiger partial charge is 0.299 e. The molecular weight excluding hydrogens is 425 g/mol. The molecule has 1 nitrogen and oxygen atoms in total. The number of alkyl halides is 9. The van der Waals surface area contributed by atoms with Crippen molar-refractivity contribution >= 4 is 0 Å². The summed E-state index contributed by atoms with van der Waals surface area (Å²) in [7, 11) is 0. The lowest BCUT2D eigenvalue weighted by Crippen LogP contribution is -2.19. The predicted octanol–water partition coefficient (Wildman–Crippen LogP) is 7.01. The quantitative estimate of drug-likeness (QED) is 0.464. The van der Waals surface area contributed by atoms with Crippen LogP contribution in [0.4, 0.5) is 39.5 Å². The summed E-state index contributed by atoms with van der Waals surface area (Å²) >= 11 is 0. The third-order valence-electron chi connectivity index (χ3n) is 4.85. The van der Waals surface area contributed by atoms with Crippen LogP contribution in [-0.2, 0) is 25.1 Å². The van der Waals surface area contributed by atoms with E-state index < -0.39 is 40.8 Å². The molecule has 1 aliphatic rings. The zero-order chi connectivity index (χ0) is 22.3. The van der Waals surface area contributed by atoms with Gasteiger partial charge in [0.15, 0.2) is 0 Å². The van der Waals surface area contributed by atoms with Gasteiger partial charge in [-0.15, -0.1) is 0 Å². The van der Waals surface area contributed by atoms with Crippen LogP contribution in [0.2, 0.25) is 0 Å². The monoisotopic (exact) mass is 441 g/mol. The Hall–Kier alpha value is -2.23. The summed E-state index contributed by atoms with van der Waals surface area (Å²) in [4.78, 5) is 1.88. The summed E-state index contributed by atoms with van der Waals surface area (Å²) in [6.07, 6.45) is -13.2. The molecular formula is C20H16F9N. The molecule has 1 aliphatic heterocycles. The number of benzene rings is 2. The van der Waals surface area contributed by atoms with Crippen LogP contribution in [0.25, 0.3) is 11.1 Å². The largest absolute Gasteiger partial charge is 0.416 e. The van der Waals surface area contributed by atoms with E-state index in [1.165, 1.54) is 6.07 Å². The SMILES string of the molecule is FC(F)(F)c1cc(CN2CCCC2)cc(-c2cc(C(F)(F)F)cc(C(F)(F)F)c2)c1. The average molecular weight is 441 g/mol. The summed E-state index contributed by atoms with van der Waals surface area (Å²) in [6, 6.07) is 3.48. The Balaban J connectivity index is 2.15. The molecule has 0 N–H and O–H groups in total. The van der Waals surface area contributed by atoms with Gasteiger partial charge in [-0.3, -0.25) is 4.90 Å². The van der Waals surface area contributed by atoms with Crippen LogP contribution < -0.4 is 0 Å². The summed E-state index contributed by atoms with van der Waals surface area (Å²) < 4.78 is 119. The van der Waals surface area contributed by atoms with Gasteiger partial charge in [-0.2, -0.15) is 39.5 Å². The molecule has 1 saturated heterocycles. The fourth-order valence-electron chi connectivity index (χ4n) is 3.43. The first-order chi connectivity index (χ1) is 13.7. The molecule has 10 heteroatoms. The van der Waals surface area contributed by atoms with Gasteiger partial charge in [0, 0.05) is 6.54 Å². The van der Waals surface area contributed by atoms with Crippen LogP contribution >= 0.6 is 0 Å². The fraction of sp³-hybridized carbons (Fsp3) is 0.400. The predicted molar refractivity (Wildman–Crippen MR) is 91.4 cm³/mol. The Kier molecular flexibility index (Phi) is 5.83. The van der Waals surface area contributed by atoms with Crippen molar-refractivity contribution in [3.05, 3.63) is 58.7 Å². The van der Waals surface area contributed by atoms with Crippen molar-refractivity contribution in [1.29, 1.82) is 0 Å². The lowest BCUT2D eigenvalue weighted by molar-refractivity contribution is -0.143. The van der Waals surface area contributed by atoms with E-state index in [2.05, 4.69) is 0 Å². The Morgan fingerprint density at radius 3 is 1.40 bits per heavy atom. The van der Waals surface area contributed by atoms with Crippen LogP contribution in [0.5, 0.6) is 0 Å². The Morgan fingerprint density at radius 2 is 0.967 bits per heavy atom. The van der Waals surface area contributed by atoms with E-state index in [9.17, 15) is 39.5 Å². The van der Waals surface area contributed by atoms with Crippen LogP contribution in [0.15, 0.2) is 36.4 Å². The molecule has 2 aromatic rings. The van der Waals surface area contributed by atoms with Gasteiger partial charge in [-0.25, -0.2) is 0 Å². The number of halogens is 9. The second-order valence-electron chi connectivity index (χ2n) is 7.19. The van der Waals surface area contributed by atoms with E-state index in [4.69, 9.17) is 0 Å². The van der Waals surface area contributed by atoms with Gasteiger partial charge in [0.25, 0.3) is 0 Å². The summed E-state index contributed by atoms with van der Waals surface area (Å²) in [5.74, 6) is 0. The minimum atomic E-state index is -5.09. The zero-order valence-electron chi connectivity index (χ0n) is 15.3. The normalized spacial score (nSPS) is 16.3. The first kappa shape index (κ1) is 22.5. The van der Waals surface area contributed by atoms with E-state index in [0.29, 0.717) is 31.3 Å². The van der Waals surface area contributed by atoms with Gasteiger partial charge < -0.3 is 0 Å². The molecule has 0 spiro atoms. The zero-order valence-corrected chi connectivity index (χ0v) is 15.3. The van der Waals surface area contributed by atoms with Gasteiger partial charge in [0.2, 0.25) is 0 Å². The highest BCUT2D eigenvalue weighted by Gasteiger charge is 2.37. The topological polar surface area (TPSA) is 3.24 Å². The number of hydrogen-bond acceptors (Lipinski definition) is 1. The lowest BCUT2D eigenvalue weighted by Gasteiger charge is -2.19. The third kappa shape index (κ3) is 5.27. The van der Waals surface area contributed by atoms with E-state index in [1.807, 2.05) is 4.90 Å². The Bertz CT molecular complexity index is 872. The van der Waals surface area contributed by atoms with Gasteiger partial charge in [-0.05, 0) is 79.0 Å². The molecule has 0 bridgehead atoms. The van der Waals surface area contributed by atoms with E-state index in [1.54, 1.807) is 0 Å². The molecule has 30 heavy (non-hydrogen) atoms. The first-order valence-electron chi connectivity index (χ1n) is 8.97. The van der Waals surface area contributed by atoms with Crippen molar-refractivity contribution in [2.24, 2.45) is 0 Å². The van der Waals surface area contributed by atoms with Crippen LogP contribution in [0, 0.1) is 0 Å². The van der Waals surface area contributed by atoms with Crippen molar-refractivity contribution in [3.63, 3.8) is 0 Å². The molecule has 0 aliphatic carbocycles. The number of hydrogen-bond donors (Lipinski definition) is 0. The van der Waals surface area contributed by atoms with E-state index in [0.717, 1.165) is 18.9 Å². The van der Waals surface area contributed by atoms with Crippen molar-refractivity contribution in [2.45, 2.75) is 37.9 Å². The molecule has 3 rings (SSSR count). The van der Waals surface area contributed by atoms with E-state index in [-0.39, 0.29) is 23.7 Å². The van der Waals surface area contributed by atoms with Gasteiger partial charge in [0.05, 0.1) is 16.7 Å². The summed E-state index contributed by atoms with van der Waals surface area (Å²) in [6.45, 7) is 1.45. The molecule has 0 radical (unpaired) electrons. The number of likely N-dealkylation sites (tertiary alicyclic amines) is 1. The van der Waals surface area contributed by atoms with Crippen LogP contribution in [0.3, 0.4) is 0 Å². The lowest BCUT2D eigenvalue weighted by atomic mass is 9.95. The Labute approximate surface area is 166 Å². The molecule has 0 amide bonds. The first-order valence-corrected chi connectivity index (χ1v) is 8.97. The molecule has 0 unspecified atom stereocenters. The van der Waals surface area contributed by atoms with E-state index >= 15 is 0 Å². The molecule has 2 aromatic carbocycles. The molecule has 164 valence electrons. The summed E-state index contributed by atoms with van der Waals surface area (Å²) in [5, 5.41) is 0. The van der Waals surface area contributed by atoms with Crippen molar-refractivity contribution in [2.75, 3.05) is 13.1 Å². The van der Waals surface area contributed by atoms with Crippen LogP contribution in [0.1, 0.15) is 35.1 Å². The fourth-order valence-corrected chi connectivity index (χ4v) is 3.43. The van der Waals surface area contributed by atoms with Crippen LogP contribution in [-0.4, -0.2) is 18.0 Å².